The van der Waals surface area contributed by atoms with E-state index in [0.717, 1.165) is 24.7 Å². The molecule has 0 saturated heterocycles. The first-order valence-electron chi connectivity index (χ1n) is 5.89. The standard InChI is InChI=1S/C12H24N2O/c1-8-5-9(2)7-10(6-8)14-12(3,4)11(13)15/h8-10,14H,5-7H2,1-4H3,(H2,13,15). The van der Waals surface area contributed by atoms with Gasteiger partial charge in [-0.25, -0.2) is 0 Å². The van der Waals surface area contributed by atoms with E-state index in [9.17, 15) is 4.79 Å². The fourth-order valence-corrected chi connectivity index (χ4v) is 2.65. The van der Waals surface area contributed by atoms with E-state index >= 15 is 0 Å². The van der Waals surface area contributed by atoms with E-state index in [4.69, 9.17) is 5.73 Å². The molecule has 3 nitrogen and oxygen atoms in total. The number of hydrogen-bond donors (Lipinski definition) is 2. The summed E-state index contributed by atoms with van der Waals surface area (Å²) in [7, 11) is 0. The highest BCUT2D eigenvalue weighted by Gasteiger charge is 2.31. The van der Waals surface area contributed by atoms with Crippen LogP contribution in [0.15, 0.2) is 0 Å². The van der Waals surface area contributed by atoms with Gasteiger partial charge in [0.2, 0.25) is 5.91 Å². The van der Waals surface area contributed by atoms with Gasteiger partial charge in [-0.3, -0.25) is 4.79 Å². The Morgan fingerprint density at radius 3 is 2.07 bits per heavy atom. The van der Waals surface area contributed by atoms with Crippen molar-refractivity contribution < 1.29 is 4.79 Å². The van der Waals surface area contributed by atoms with Crippen molar-refractivity contribution in [3.05, 3.63) is 0 Å². The Morgan fingerprint density at radius 1 is 1.20 bits per heavy atom. The lowest BCUT2D eigenvalue weighted by molar-refractivity contribution is -0.123. The molecule has 1 fully saturated rings. The van der Waals surface area contributed by atoms with Gasteiger partial charge in [0.25, 0.3) is 0 Å². The van der Waals surface area contributed by atoms with Gasteiger partial charge in [-0.15, -0.1) is 0 Å². The van der Waals surface area contributed by atoms with Gasteiger partial charge in [-0.1, -0.05) is 13.8 Å². The van der Waals surface area contributed by atoms with Crippen molar-refractivity contribution in [2.24, 2.45) is 17.6 Å². The van der Waals surface area contributed by atoms with Crippen LogP contribution in [0.1, 0.15) is 47.0 Å². The molecular weight excluding hydrogens is 188 g/mol. The number of amides is 1. The van der Waals surface area contributed by atoms with Gasteiger partial charge in [0, 0.05) is 6.04 Å². The summed E-state index contributed by atoms with van der Waals surface area (Å²) >= 11 is 0. The summed E-state index contributed by atoms with van der Waals surface area (Å²) in [4.78, 5) is 11.2. The SMILES string of the molecule is CC1CC(C)CC(NC(C)(C)C(N)=O)C1. The Kier molecular flexibility index (Phi) is 3.77. The molecule has 0 aliphatic heterocycles. The van der Waals surface area contributed by atoms with Gasteiger partial charge in [0.1, 0.15) is 0 Å². The van der Waals surface area contributed by atoms with Gasteiger partial charge in [-0.2, -0.15) is 0 Å². The second-order valence-electron chi connectivity index (χ2n) is 5.75. The molecule has 88 valence electrons. The summed E-state index contributed by atoms with van der Waals surface area (Å²) in [5.41, 5.74) is 4.77. The van der Waals surface area contributed by atoms with E-state index in [0.29, 0.717) is 6.04 Å². The summed E-state index contributed by atoms with van der Waals surface area (Å²) in [5.74, 6) is 1.22. The normalized spacial score (nSPS) is 32.7. The molecule has 2 unspecified atom stereocenters. The number of carbonyl (C=O) groups excluding carboxylic acids is 1. The number of primary amides is 1. The van der Waals surface area contributed by atoms with Crippen LogP contribution in [0.4, 0.5) is 0 Å². The minimum atomic E-state index is -0.582. The zero-order valence-electron chi connectivity index (χ0n) is 10.3. The molecule has 15 heavy (non-hydrogen) atoms. The number of rotatable bonds is 3. The summed E-state index contributed by atoms with van der Waals surface area (Å²) in [6, 6.07) is 0.436. The van der Waals surface area contributed by atoms with Crippen LogP contribution in [0.25, 0.3) is 0 Å². The van der Waals surface area contributed by atoms with Crippen LogP contribution in [0.5, 0.6) is 0 Å². The van der Waals surface area contributed by atoms with Crippen LogP contribution in [0.3, 0.4) is 0 Å². The van der Waals surface area contributed by atoms with Gasteiger partial charge >= 0.3 is 0 Å². The summed E-state index contributed by atoms with van der Waals surface area (Å²) < 4.78 is 0. The van der Waals surface area contributed by atoms with Crippen molar-refractivity contribution in [3.8, 4) is 0 Å². The number of hydrogen-bond acceptors (Lipinski definition) is 2. The van der Waals surface area contributed by atoms with Crippen molar-refractivity contribution in [1.29, 1.82) is 0 Å². The second kappa shape index (κ2) is 4.52. The first kappa shape index (κ1) is 12.5. The predicted octanol–water partition coefficient (Wildman–Crippen LogP) is 1.66. The molecular formula is C12H24N2O. The second-order valence-corrected chi connectivity index (χ2v) is 5.75. The van der Waals surface area contributed by atoms with Crippen molar-refractivity contribution in [2.45, 2.75) is 58.5 Å². The molecule has 2 atom stereocenters. The summed E-state index contributed by atoms with van der Waals surface area (Å²) in [5, 5.41) is 3.38. The fourth-order valence-electron chi connectivity index (χ4n) is 2.65. The average molecular weight is 212 g/mol. The topological polar surface area (TPSA) is 55.1 Å². The van der Waals surface area contributed by atoms with E-state index in [-0.39, 0.29) is 5.91 Å². The van der Waals surface area contributed by atoms with Crippen molar-refractivity contribution in [2.75, 3.05) is 0 Å². The molecule has 1 amide bonds. The lowest BCUT2D eigenvalue weighted by atomic mass is 9.79. The molecule has 0 heterocycles. The van der Waals surface area contributed by atoms with E-state index in [2.05, 4.69) is 19.2 Å². The maximum atomic E-state index is 11.2. The maximum absolute atomic E-state index is 11.2. The highest BCUT2D eigenvalue weighted by atomic mass is 16.1. The highest BCUT2D eigenvalue weighted by Crippen LogP contribution is 2.29. The third kappa shape index (κ3) is 3.49. The van der Waals surface area contributed by atoms with Crippen LogP contribution in [-0.4, -0.2) is 17.5 Å². The lowest BCUT2D eigenvalue weighted by Gasteiger charge is -2.36. The van der Waals surface area contributed by atoms with E-state index in [1.807, 2.05) is 13.8 Å². The largest absolute Gasteiger partial charge is 0.368 e. The Balaban J connectivity index is 2.54. The van der Waals surface area contributed by atoms with Crippen LogP contribution < -0.4 is 11.1 Å². The molecule has 0 bridgehead atoms. The van der Waals surface area contributed by atoms with Crippen LogP contribution in [-0.2, 0) is 4.79 Å². The molecule has 1 rings (SSSR count). The zero-order chi connectivity index (χ0) is 11.6. The monoisotopic (exact) mass is 212 g/mol. The van der Waals surface area contributed by atoms with Gasteiger partial charge in [-0.05, 0) is 44.9 Å². The Hall–Kier alpha value is -0.570. The Labute approximate surface area is 92.8 Å². The lowest BCUT2D eigenvalue weighted by Crippen LogP contribution is -2.55. The fraction of sp³-hybridized carbons (Fsp3) is 0.917. The zero-order valence-corrected chi connectivity index (χ0v) is 10.3. The maximum Gasteiger partial charge on any atom is 0.237 e. The first-order valence-corrected chi connectivity index (χ1v) is 5.89. The molecule has 3 N–H and O–H groups in total. The van der Waals surface area contributed by atoms with Crippen LogP contribution in [0, 0.1) is 11.8 Å². The molecule has 0 aromatic carbocycles. The number of nitrogens with two attached hydrogens (primary N) is 1. The molecule has 0 aromatic rings. The van der Waals surface area contributed by atoms with Crippen LogP contribution in [0.2, 0.25) is 0 Å². The first-order chi connectivity index (χ1) is 6.81. The van der Waals surface area contributed by atoms with Crippen molar-refractivity contribution in [3.63, 3.8) is 0 Å². The summed E-state index contributed by atoms with van der Waals surface area (Å²) in [6.07, 6.45) is 3.61. The number of nitrogens with one attached hydrogen (secondary N) is 1. The minimum Gasteiger partial charge on any atom is -0.368 e. The average Bonchev–Trinajstić information content (AvgIpc) is 1.99. The van der Waals surface area contributed by atoms with Crippen molar-refractivity contribution >= 4 is 5.91 Å². The predicted molar refractivity (Wildman–Crippen MR) is 62.4 cm³/mol. The Bertz CT molecular complexity index is 228. The molecule has 0 aromatic heterocycles. The molecule has 0 spiro atoms. The molecule has 3 heteroatoms. The highest BCUT2D eigenvalue weighted by molar-refractivity contribution is 5.83. The smallest absolute Gasteiger partial charge is 0.237 e. The van der Waals surface area contributed by atoms with E-state index < -0.39 is 5.54 Å². The van der Waals surface area contributed by atoms with Gasteiger partial charge in [0.15, 0.2) is 0 Å². The molecule has 1 saturated carbocycles. The third-order valence-electron chi connectivity index (χ3n) is 3.36. The van der Waals surface area contributed by atoms with Crippen molar-refractivity contribution in [1.82, 2.24) is 5.32 Å². The minimum absolute atomic E-state index is 0.270. The number of carbonyl (C=O) groups is 1. The van der Waals surface area contributed by atoms with E-state index in [1.165, 1.54) is 6.42 Å². The summed E-state index contributed by atoms with van der Waals surface area (Å²) in [6.45, 7) is 8.28. The molecule has 0 radical (unpaired) electrons. The third-order valence-corrected chi connectivity index (χ3v) is 3.36. The Morgan fingerprint density at radius 2 is 1.67 bits per heavy atom. The molecule has 1 aliphatic carbocycles. The van der Waals surface area contributed by atoms with Gasteiger partial charge in [0.05, 0.1) is 5.54 Å². The van der Waals surface area contributed by atoms with E-state index in [1.54, 1.807) is 0 Å². The van der Waals surface area contributed by atoms with Crippen LogP contribution >= 0.6 is 0 Å². The van der Waals surface area contributed by atoms with Gasteiger partial charge < -0.3 is 11.1 Å². The molecule has 1 aliphatic rings. The quantitative estimate of drug-likeness (QED) is 0.747.